The van der Waals surface area contributed by atoms with Crippen molar-refractivity contribution < 1.29 is 18.9 Å². The van der Waals surface area contributed by atoms with Crippen molar-refractivity contribution in [3.8, 4) is 12.3 Å². The molecular weight excluding hydrogens is 400 g/mol. The van der Waals surface area contributed by atoms with Gasteiger partial charge in [-0.3, -0.25) is 0 Å². The topological polar surface area (TPSA) is 36.9 Å². The van der Waals surface area contributed by atoms with E-state index in [1.165, 1.54) is 0 Å². The summed E-state index contributed by atoms with van der Waals surface area (Å²) in [7, 11) is 0. The molecule has 0 unspecified atom stereocenters. The molecule has 4 atom stereocenters. The number of terminal acetylenes is 1. The molecule has 4 heteroatoms. The van der Waals surface area contributed by atoms with E-state index in [2.05, 4.69) is 5.92 Å². The van der Waals surface area contributed by atoms with Crippen LogP contribution in [0.1, 0.15) is 16.7 Å². The van der Waals surface area contributed by atoms with E-state index in [0.717, 1.165) is 16.7 Å². The summed E-state index contributed by atoms with van der Waals surface area (Å²) in [6, 6.07) is 30.1. The fourth-order valence-electron chi connectivity index (χ4n) is 3.78. The molecule has 4 nitrogen and oxygen atoms in total. The minimum Gasteiger partial charge on any atom is -0.374 e. The van der Waals surface area contributed by atoms with Crippen molar-refractivity contribution >= 4 is 0 Å². The van der Waals surface area contributed by atoms with E-state index in [9.17, 15) is 0 Å². The first-order chi connectivity index (χ1) is 15.8. The van der Waals surface area contributed by atoms with Gasteiger partial charge in [0.05, 0.1) is 26.4 Å². The molecule has 0 radical (unpaired) electrons. The molecular formula is C28H28O4. The van der Waals surface area contributed by atoms with Gasteiger partial charge in [-0.05, 0) is 16.7 Å². The highest BCUT2D eigenvalue weighted by Gasteiger charge is 2.45. The van der Waals surface area contributed by atoms with Gasteiger partial charge in [-0.15, -0.1) is 6.42 Å². The normalized spacial score (nSPS) is 22.5. The fourth-order valence-corrected chi connectivity index (χ4v) is 3.78. The molecule has 4 rings (SSSR count). The Hall–Kier alpha value is -2.94. The molecule has 1 saturated heterocycles. The summed E-state index contributed by atoms with van der Waals surface area (Å²) >= 11 is 0. The minimum absolute atomic E-state index is 0.316. The largest absolute Gasteiger partial charge is 0.374 e. The monoisotopic (exact) mass is 428 g/mol. The van der Waals surface area contributed by atoms with Crippen LogP contribution >= 0.6 is 0 Å². The molecule has 32 heavy (non-hydrogen) atoms. The Morgan fingerprint density at radius 3 is 1.62 bits per heavy atom. The van der Waals surface area contributed by atoms with Crippen LogP contribution in [-0.2, 0) is 38.8 Å². The van der Waals surface area contributed by atoms with Crippen LogP contribution in [-0.4, -0.2) is 31.0 Å². The Kier molecular flexibility index (Phi) is 8.08. The maximum atomic E-state index is 6.31. The van der Waals surface area contributed by atoms with E-state index in [-0.39, 0.29) is 18.3 Å². The van der Waals surface area contributed by atoms with Gasteiger partial charge >= 0.3 is 0 Å². The maximum Gasteiger partial charge on any atom is 0.147 e. The number of benzene rings is 3. The summed E-state index contributed by atoms with van der Waals surface area (Å²) in [4.78, 5) is 0. The van der Waals surface area contributed by atoms with Crippen molar-refractivity contribution in [2.24, 2.45) is 0 Å². The van der Waals surface area contributed by atoms with E-state index in [0.29, 0.717) is 26.4 Å². The zero-order valence-corrected chi connectivity index (χ0v) is 18.0. The van der Waals surface area contributed by atoms with Gasteiger partial charge in [0.1, 0.15) is 24.4 Å². The minimum atomic E-state index is -0.496. The molecule has 3 aromatic rings. The Labute approximate surface area is 190 Å². The Morgan fingerprint density at radius 2 is 1.12 bits per heavy atom. The summed E-state index contributed by atoms with van der Waals surface area (Å²) in [6.07, 6.45) is 4.26. The van der Waals surface area contributed by atoms with Crippen molar-refractivity contribution in [3.63, 3.8) is 0 Å². The second-order valence-corrected chi connectivity index (χ2v) is 7.78. The van der Waals surface area contributed by atoms with Crippen molar-refractivity contribution in [3.05, 3.63) is 108 Å². The lowest BCUT2D eigenvalue weighted by Gasteiger charge is -2.24. The summed E-state index contributed by atoms with van der Waals surface area (Å²) in [5.74, 6) is 2.73. The van der Waals surface area contributed by atoms with Gasteiger partial charge in [-0.25, -0.2) is 0 Å². The van der Waals surface area contributed by atoms with Crippen LogP contribution in [0.5, 0.6) is 0 Å². The molecule has 0 saturated carbocycles. The molecule has 164 valence electrons. The van der Waals surface area contributed by atoms with Crippen molar-refractivity contribution in [2.45, 2.75) is 44.2 Å². The molecule has 1 aliphatic heterocycles. The zero-order chi connectivity index (χ0) is 22.0. The van der Waals surface area contributed by atoms with E-state index in [1.807, 2.05) is 91.0 Å². The molecule has 0 aromatic heterocycles. The zero-order valence-electron chi connectivity index (χ0n) is 18.0. The van der Waals surface area contributed by atoms with Gasteiger partial charge in [0.15, 0.2) is 0 Å². The van der Waals surface area contributed by atoms with Gasteiger partial charge in [-0.2, -0.15) is 0 Å². The van der Waals surface area contributed by atoms with Crippen molar-refractivity contribution in [1.82, 2.24) is 0 Å². The molecule has 0 aliphatic carbocycles. The van der Waals surface area contributed by atoms with Gasteiger partial charge in [0, 0.05) is 0 Å². The van der Waals surface area contributed by atoms with Crippen LogP contribution in [0.2, 0.25) is 0 Å². The third kappa shape index (κ3) is 6.06. The Morgan fingerprint density at radius 1 is 0.656 bits per heavy atom. The quantitative estimate of drug-likeness (QED) is 0.436. The van der Waals surface area contributed by atoms with Crippen molar-refractivity contribution in [2.75, 3.05) is 6.61 Å². The van der Waals surface area contributed by atoms with Gasteiger partial charge in [-0.1, -0.05) is 96.9 Å². The summed E-state index contributed by atoms with van der Waals surface area (Å²) in [6.45, 7) is 1.77. The summed E-state index contributed by atoms with van der Waals surface area (Å²) in [5, 5.41) is 0. The van der Waals surface area contributed by atoms with Gasteiger partial charge in [0.2, 0.25) is 0 Å². The first kappa shape index (κ1) is 22.3. The molecule has 1 heterocycles. The second kappa shape index (κ2) is 11.6. The standard InChI is InChI=1S/C28H28O4/c1-2-25-27(30-19-23-14-8-4-9-15-23)28(31-20-24-16-10-5-11-17-24)26(32-25)21-29-18-22-12-6-3-7-13-22/h1,3-17,25-28H,18-21H2/t25-,26-,27-,28-/m1/s1. The first-order valence-electron chi connectivity index (χ1n) is 10.9. The predicted molar refractivity (Wildman–Crippen MR) is 124 cm³/mol. The van der Waals surface area contributed by atoms with Crippen LogP contribution in [0, 0.1) is 12.3 Å². The smallest absolute Gasteiger partial charge is 0.147 e. The third-order valence-electron chi connectivity index (χ3n) is 5.44. The molecule has 0 spiro atoms. The number of hydrogen-bond donors (Lipinski definition) is 0. The van der Waals surface area contributed by atoms with E-state index in [1.54, 1.807) is 0 Å². The van der Waals surface area contributed by atoms with E-state index >= 15 is 0 Å². The average Bonchev–Trinajstić information content (AvgIpc) is 3.19. The number of rotatable bonds is 10. The highest BCUT2D eigenvalue weighted by molar-refractivity contribution is 5.16. The molecule has 0 amide bonds. The highest BCUT2D eigenvalue weighted by atomic mass is 16.6. The molecule has 3 aromatic carbocycles. The third-order valence-corrected chi connectivity index (χ3v) is 5.44. The maximum absolute atomic E-state index is 6.31. The predicted octanol–water partition coefficient (Wildman–Crippen LogP) is 4.77. The van der Waals surface area contributed by atoms with Crippen molar-refractivity contribution in [1.29, 1.82) is 0 Å². The van der Waals surface area contributed by atoms with Crippen LogP contribution in [0.3, 0.4) is 0 Å². The lowest BCUT2D eigenvalue weighted by Crippen LogP contribution is -2.38. The van der Waals surface area contributed by atoms with Crippen LogP contribution < -0.4 is 0 Å². The lowest BCUT2D eigenvalue weighted by atomic mass is 10.1. The molecule has 1 fully saturated rings. The average molecular weight is 429 g/mol. The first-order valence-corrected chi connectivity index (χ1v) is 10.9. The van der Waals surface area contributed by atoms with E-state index in [4.69, 9.17) is 25.4 Å². The number of ether oxygens (including phenoxy) is 4. The van der Waals surface area contributed by atoms with Crippen LogP contribution in [0.15, 0.2) is 91.0 Å². The van der Waals surface area contributed by atoms with Gasteiger partial charge in [0.25, 0.3) is 0 Å². The van der Waals surface area contributed by atoms with Gasteiger partial charge < -0.3 is 18.9 Å². The highest BCUT2D eigenvalue weighted by Crippen LogP contribution is 2.29. The molecule has 1 aliphatic rings. The second-order valence-electron chi connectivity index (χ2n) is 7.78. The summed E-state index contributed by atoms with van der Waals surface area (Å²) in [5.41, 5.74) is 3.27. The van der Waals surface area contributed by atoms with Crippen LogP contribution in [0.4, 0.5) is 0 Å². The van der Waals surface area contributed by atoms with E-state index < -0.39 is 6.10 Å². The fraction of sp³-hybridized carbons (Fsp3) is 0.286. The Bertz CT molecular complexity index is 969. The molecule has 0 bridgehead atoms. The summed E-state index contributed by atoms with van der Waals surface area (Å²) < 4.78 is 24.7. The SMILES string of the molecule is C#C[C@H]1O[C@H](COCc2ccccc2)[C@@H](OCc2ccccc2)[C@@H]1OCc1ccccc1. The Balaban J connectivity index is 1.43. The molecule has 0 N–H and O–H groups in total. The van der Waals surface area contributed by atoms with Crippen LogP contribution in [0.25, 0.3) is 0 Å². The lowest BCUT2D eigenvalue weighted by molar-refractivity contribution is -0.0896. The number of hydrogen-bond acceptors (Lipinski definition) is 4.